The van der Waals surface area contributed by atoms with Gasteiger partial charge < -0.3 is 14.0 Å². The molecule has 2 heterocycles. The fourth-order valence-electron chi connectivity index (χ4n) is 1.98. The topological polar surface area (TPSA) is 40.6 Å². The molecule has 0 bridgehead atoms. The molecule has 0 amide bonds. The fourth-order valence-corrected chi connectivity index (χ4v) is 1.98. The number of hydrogen-bond acceptors (Lipinski definition) is 4. The number of nitrogens with zero attached hydrogens (tertiary/aromatic N) is 1. The van der Waals surface area contributed by atoms with Crippen LogP contribution in [0.3, 0.4) is 0 Å². The van der Waals surface area contributed by atoms with E-state index >= 15 is 0 Å². The third kappa shape index (κ3) is 2.02. The monoisotopic (exact) mass is 249 g/mol. The first-order chi connectivity index (χ1) is 8.28. The molecule has 1 saturated heterocycles. The first-order valence-corrected chi connectivity index (χ1v) is 6.12. The third-order valence-corrected chi connectivity index (χ3v) is 3.86. The summed E-state index contributed by atoms with van der Waals surface area (Å²) in [4.78, 5) is 4.12. The van der Waals surface area contributed by atoms with Crippen LogP contribution in [-0.4, -0.2) is 30.4 Å². The number of ether oxygens (including phenoxy) is 1. The summed E-state index contributed by atoms with van der Waals surface area (Å²) >= 11 is 0. The minimum absolute atomic E-state index is 0.349. The molecule has 0 atom stereocenters. The predicted octanol–water partition coefficient (Wildman–Crippen LogP) is 1.70. The molecular weight excluding hydrogens is 229 g/mol. The van der Waals surface area contributed by atoms with Gasteiger partial charge in [0.1, 0.15) is 5.75 Å². The van der Waals surface area contributed by atoms with E-state index in [1.807, 2.05) is 34.6 Å². The van der Waals surface area contributed by atoms with Crippen LogP contribution in [0.4, 0.5) is 0 Å². The van der Waals surface area contributed by atoms with Crippen LogP contribution in [0.5, 0.6) is 5.75 Å². The summed E-state index contributed by atoms with van der Waals surface area (Å²) in [5, 5.41) is 0. The number of aryl methyl sites for hydroxylation is 1. The van der Waals surface area contributed by atoms with Gasteiger partial charge in [0.2, 0.25) is 0 Å². The average Bonchev–Trinajstić information content (AvgIpc) is 2.47. The number of aromatic nitrogens is 1. The lowest BCUT2D eigenvalue weighted by atomic mass is 9.76. The minimum atomic E-state index is -0.409. The Hall–Kier alpha value is -1.07. The second kappa shape index (κ2) is 4.25. The van der Waals surface area contributed by atoms with Crippen molar-refractivity contribution < 1.29 is 14.0 Å². The molecule has 0 saturated carbocycles. The van der Waals surface area contributed by atoms with Crippen molar-refractivity contribution >= 4 is 12.6 Å². The standard InChI is InChI=1S/C13H20BNO3/c1-9-7-15-8-10(16-6)11(9)14-17-12(2,3)13(4,5)18-14/h7-8H,1-6H3. The van der Waals surface area contributed by atoms with Gasteiger partial charge in [0.15, 0.2) is 0 Å². The van der Waals surface area contributed by atoms with E-state index in [1.54, 1.807) is 19.5 Å². The van der Waals surface area contributed by atoms with E-state index in [1.165, 1.54) is 0 Å². The summed E-state index contributed by atoms with van der Waals surface area (Å²) < 4.78 is 17.4. The second-order valence-corrected chi connectivity index (χ2v) is 5.66. The molecule has 0 N–H and O–H groups in total. The Morgan fingerprint density at radius 1 is 1.11 bits per heavy atom. The molecule has 1 aromatic heterocycles. The summed E-state index contributed by atoms with van der Waals surface area (Å²) in [5.41, 5.74) is 1.23. The van der Waals surface area contributed by atoms with Crippen LogP contribution in [0.1, 0.15) is 33.3 Å². The minimum Gasteiger partial charge on any atom is -0.495 e. The molecule has 0 aliphatic carbocycles. The van der Waals surface area contributed by atoms with Crippen molar-refractivity contribution in [1.29, 1.82) is 0 Å². The Labute approximate surface area is 109 Å². The number of rotatable bonds is 2. The van der Waals surface area contributed by atoms with Crippen LogP contribution in [-0.2, 0) is 9.31 Å². The normalized spacial score (nSPS) is 21.1. The van der Waals surface area contributed by atoms with Gasteiger partial charge >= 0.3 is 7.12 Å². The number of hydrogen-bond donors (Lipinski definition) is 0. The summed E-state index contributed by atoms with van der Waals surface area (Å²) in [5.74, 6) is 0.702. The number of pyridine rings is 1. The molecule has 18 heavy (non-hydrogen) atoms. The largest absolute Gasteiger partial charge is 0.499 e. The summed E-state index contributed by atoms with van der Waals surface area (Å²) in [6, 6.07) is 0. The van der Waals surface area contributed by atoms with Crippen LogP contribution in [0.25, 0.3) is 0 Å². The maximum atomic E-state index is 6.04. The third-order valence-electron chi connectivity index (χ3n) is 3.86. The Bertz CT molecular complexity index is 444. The molecule has 0 spiro atoms. The van der Waals surface area contributed by atoms with Crippen molar-refractivity contribution in [2.24, 2.45) is 0 Å². The highest BCUT2D eigenvalue weighted by molar-refractivity contribution is 6.63. The van der Waals surface area contributed by atoms with Gasteiger partial charge in [0.05, 0.1) is 24.5 Å². The van der Waals surface area contributed by atoms with E-state index in [4.69, 9.17) is 14.0 Å². The van der Waals surface area contributed by atoms with E-state index < -0.39 is 7.12 Å². The molecule has 98 valence electrons. The van der Waals surface area contributed by atoms with Crippen molar-refractivity contribution in [2.45, 2.75) is 45.8 Å². The lowest BCUT2D eigenvalue weighted by Gasteiger charge is -2.32. The van der Waals surface area contributed by atoms with E-state index in [0.717, 1.165) is 11.0 Å². The van der Waals surface area contributed by atoms with Crippen LogP contribution >= 0.6 is 0 Å². The zero-order valence-electron chi connectivity index (χ0n) is 11.9. The first-order valence-electron chi connectivity index (χ1n) is 6.12. The fraction of sp³-hybridized carbons (Fsp3) is 0.615. The van der Waals surface area contributed by atoms with E-state index in [0.29, 0.717) is 5.75 Å². The van der Waals surface area contributed by atoms with Gasteiger partial charge in [0.25, 0.3) is 0 Å². The molecule has 0 aromatic carbocycles. The molecular formula is C13H20BNO3. The lowest BCUT2D eigenvalue weighted by Crippen LogP contribution is -2.41. The highest BCUT2D eigenvalue weighted by Gasteiger charge is 2.52. The van der Waals surface area contributed by atoms with E-state index in [-0.39, 0.29) is 11.2 Å². The highest BCUT2D eigenvalue weighted by atomic mass is 16.7. The Morgan fingerprint density at radius 2 is 1.67 bits per heavy atom. The molecule has 2 rings (SSSR count). The van der Waals surface area contributed by atoms with Crippen LogP contribution in [0, 0.1) is 6.92 Å². The quantitative estimate of drug-likeness (QED) is 0.748. The Morgan fingerprint density at radius 3 is 2.17 bits per heavy atom. The second-order valence-electron chi connectivity index (χ2n) is 5.66. The molecule has 0 radical (unpaired) electrons. The van der Waals surface area contributed by atoms with Crippen molar-refractivity contribution in [3.63, 3.8) is 0 Å². The zero-order valence-corrected chi connectivity index (χ0v) is 11.9. The summed E-state index contributed by atoms with van der Waals surface area (Å²) in [6.07, 6.45) is 3.48. The van der Waals surface area contributed by atoms with Crippen molar-refractivity contribution in [2.75, 3.05) is 7.11 Å². The number of methoxy groups -OCH3 is 1. The zero-order chi connectivity index (χ0) is 13.6. The summed E-state index contributed by atoms with van der Waals surface area (Å²) in [6.45, 7) is 10.1. The molecule has 1 aliphatic heterocycles. The van der Waals surface area contributed by atoms with Gasteiger partial charge in [-0.25, -0.2) is 0 Å². The molecule has 1 fully saturated rings. The predicted molar refractivity (Wildman–Crippen MR) is 71.2 cm³/mol. The van der Waals surface area contributed by atoms with E-state index in [9.17, 15) is 0 Å². The van der Waals surface area contributed by atoms with Gasteiger partial charge in [-0.15, -0.1) is 0 Å². The van der Waals surface area contributed by atoms with Gasteiger partial charge in [-0.3, -0.25) is 4.98 Å². The Balaban J connectivity index is 2.41. The SMILES string of the molecule is COc1cncc(C)c1B1OC(C)(C)C(C)(C)O1. The van der Waals surface area contributed by atoms with Gasteiger partial charge in [-0.2, -0.15) is 0 Å². The van der Waals surface area contributed by atoms with Crippen molar-refractivity contribution in [1.82, 2.24) is 4.98 Å². The summed E-state index contributed by atoms with van der Waals surface area (Å²) in [7, 11) is 1.22. The lowest BCUT2D eigenvalue weighted by molar-refractivity contribution is 0.00578. The molecule has 0 unspecified atom stereocenters. The van der Waals surface area contributed by atoms with Crippen LogP contribution in [0.2, 0.25) is 0 Å². The molecule has 1 aromatic rings. The maximum Gasteiger partial charge on any atom is 0.499 e. The van der Waals surface area contributed by atoms with Crippen molar-refractivity contribution in [3.05, 3.63) is 18.0 Å². The molecule has 1 aliphatic rings. The average molecular weight is 249 g/mol. The van der Waals surface area contributed by atoms with Gasteiger partial charge in [-0.1, -0.05) is 0 Å². The highest BCUT2D eigenvalue weighted by Crippen LogP contribution is 2.37. The molecule has 5 heteroatoms. The van der Waals surface area contributed by atoms with E-state index in [2.05, 4.69) is 4.98 Å². The van der Waals surface area contributed by atoms with Gasteiger partial charge in [0, 0.05) is 11.7 Å². The smallest absolute Gasteiger partial charge is 0.495 e. The molecule has 4 nitrogen and oxygen atoms in total. The first kappa shape index (κ1) is 13.4. The van der Waals surface area contributed by atoms with Gasteiger partial charge in [-0.05, 0) is 40.2 Å². The Kier molecular flexibility index (Phi) is 3.15. The maximum absolute atomic E-state index is 6.04. The van der Waals surface area contributed by atoms with Crippen molar-refractivity contribution in [3.8, 4) is 5.75 Å². The van der Waals surface area contributed by atoms with Crippen LogP contribution < -0.4 is 10.2 Å². The van der Waals surface area contributed by atoms with Crippen LogP contribution in [0.15, 0.2) is 12.4 Å².